The van der Waals surface area contributed by atoms with Gasteiger partial charge in [0, 0.05) is 18.3 Å². The van der Waals surface area contributed by atoms with Crippen molar-refractivity contribution < 1.29 is 0 Å². The Kier molecular flexibility index (Phi) is 2.60. The van der Waals surface area contributed by atoms with E-state index in [1.165, 1.54) is 0 Å². The normalized spacial score (nSPS) is 11.5. The Hall–Kier alpha value is -1.05. The minimum atomic E-state index is 0.150. The van der Waals surface area contributed by atoms with Crippen molar-refractivity contribution in [3.05, 3.63) is 24.0 Å². The van der Waals surface area contributed by atoms with Crippen LogP contribution in [0.3, 0.4) is 0 Å². The maximum absolute atomic E-state index is 4.27. The fraction of sp³-hybridized carbons (Fsp3) is 0.545. The highest BCUT2D eigenvalue weighted by atomic mass is 15.2. The van der Waals surface area contributed by atoms with Crippen molar-refractivity contribution in [2.24, 2.45) is 0 Å². The summed E-state index contributed by atoms with van der Waals surface area (Å²) in [5.41, 5.74) is 2.38. The molecule has 1 heterocycles. The molecular weight excluding hydrogens is 160 g/mol. The van der Waals surface area contributed by atoms with Gasteiger partial charge in [-0.25, -0.2) is 0 Å². The summed E-state index contributed by atoms with van der Waals surface area (Å²) >= 11 is 0. The standard InChI is InChI=1S/C11H18N2/c1-9-6-7-10(8-12-9)13(5)11(2,3)4/h6-8H,1-5H3. The fourth-order valence-corrected chi connectivity index (χ4v) is 1.05. The molecular formula is C11H18N2. The van der Waals surface area contributed by atoms with Crippen molar-refractivity contribution >= 4 is 5.69 Å². The van der Waals surface area contributed by atoms with Gasteiger partial charge in [0.25, 0.3) is 0 Å². The van der Waals surface area contributed by atoms with E-state index >= 15 is 0 Å². The average molecular weight is 178 g/mol. The van der Waals surface area contributed by atoms with Crippen LogP contribution in [0.1, 0.15) is 26.5 Å². The van der Waals surface area contributed by atoms with Crippen molar-refractivity contribution in [1.82, 2.24) is 4.98 Å². The van der Waals surface area contributed by atoms with Gasteiger partial charge in [-0.2, -0.15) is 0 Å². The number of nitrogens with zero attached hydrogens (tertiary/aromatic N) is 2. The lowest BCUT2D eigenvalue weighted by Crippen LogP contribution is -2.38. The van der Waals surface area contributed by atoms with Crippen molar-refractivity contribution in [1.29, 1.82) is 0 Å². The number of rotatable bonds is 1. The molecule has 0 aliphatic carbocycles. The van der Waals surface area contributed by atoms with E-state index in [4.69, 9.17) is 0 Å². The largest absolute Gasteiger partial charge is 0.369 e. The third-order valence-corrected chi connectivity index (χ3v) is 2.29. The molecule has 0 atom stereocenters. The summed E-state index contributed by atoms with van der Waals surface area (Å²) in [5, 5.41) is 0. The Morgan fingerprint density at radius 2 is 1.85 bits per heavy atom. The van der Waals surface area contributed by atoms with E-state index in [-0.39, 0.29) is 5.54 Å². The molecule has 0 radical (unpaired) electrons. The summed E-state index contributed by atoms with van der Waals surface area (Å²) in [6.45, 7) is 8.56. The van der Waals surface area contributed by atoms with Gasteiger partial charge in [-0.3, -0.25) is 4.98 Å². The first-order chi connectivity index (χ1) is 5.91. The molecule has 0 amide bonds. The number of aromatic nitrogens is 1. The second-order valence-electron chi connectivity index (χ2n) is 4.39. The van der Waals surface area contributed by atoms with E-state index in [0.29, 0.717) is 0 Å². The van der Waals surface area contributed by atoms with E-state index in [2.05, 4.69) is 43.8 Å². The maximum Gasteiger partial charge on any atom is 0.0554 e. The van der Waals surface area contributed by atoms with Crippen molar-refractivity contribution in [2.45, 2.75) is 33.2 Å². The van der Waals surface area contributed by atoms with E-state index < -0.39 is 0 Å². The van der Waals surface area contributed by atoms with Crippen LogP contribution in [0, 0.1) is 6.92 Å². The third-order valence-electron chi connectivity index (χ3n) is 2.29. The maximum atomic E-state index is 4.27. The van der Waals surface area contributed by atoms with Gasteiger partial charge in [0.1, 0.15) is 0 Å². The zero-order valence-electron chi connectivity index (χ0n) is 9.13. The minimum absolute atomic E-state index is 0.150. The number of aryl methyl sites for hydroxylation is 1. The number of anilines is 1. The van der Waals surface area contributed by atoms with Gasteiger partial charge in [-0.1, -0.05) is 0 Å². The lowest BCUT2D eigenvalue weighted by Gasteiger charge is -2.33. The van der Waals surface area contributed by atoms with Crippen LogP contribution < -0.4 is 4.90 Å². The van der Waals surface area contributed by atoms with E-state index in [9.17, 15) is 0 Å². The molecule has 0 aromatic carbocycles. The summed E-state index contributed by atoms with van der Waals surface area (Å²) in [7, 11) is 2.09. The Balaban J connectivity index is 2.90. The highest BCUT2D eigenvalue weighted by Gasteiger charge is 2.17. The van der Waals surface area contributed by atoms with Gasteiger partial charge in [0.2, 0.25) is 0 Å². The lowest BCUT2D eigenvalue weighted by atomic mass is 10.1. The Morgan fingerprint density at radius 1 is 1.23 bits per heavy atom. The molecule has 0 spiro atoms. The average Bonchev–Trinajstić information content (AvgIpc) is 2.03. The van der Waals surface area contributed by atoms with Crippen LogP contribution in [0.15, 0.2) is 18.3 Å². The monoisotopic (exact) mass is 178 g/mol. The zero-order chi connectivity index (χ0) is 10.1. The molecule has 1 aromatic heterocycles. The Morgan fingerprint density at radius 3 is 2.23 bits per heavy atom. The quantitative estimate of drug-likeness (QED) is 0.657. The van der Waals surface area contributed by atoms with Crippen molar-refractivity contribution in [3.8, 4) is 0 Å². The smallest absolute Gasteiger partial charge is 0.0554 e. The predicted molar refractivity (Wildman–Crippen MR) is 57.1 cm³/mol. The van der Waals surface area contributed by atoms with Gasteiger partial charge in [-0.05, 0) is 39.8 Å². The topological polar surface area (TPSA) is 16.1 Å². The molecule has 1 aromatic rings. The van der Waals surface area contributed by atoms with Crippen molar-refractivity contribution in [2.75, 3.05) is 11.9 Å². The highest BCUT2D eigenvalue weighted by Crippen LogP contribution is 2.20. The van der Waals surface area contributed by atoms with E-state index in [1.807, 2.05) is 19.2 Å². The van der Waals surface area contributed by atoms with Gasteiger partial charge < -0.3 is 4.90 Å². The molecule has 0 saturated carbocycles. The number of pyridine rings is 1. The van der Waals surface area contributed by atoms with Gasteiger partial charge in [0.15, 0.2) is 0 Å². The van der Waals surface area contributed by atoms with Gasteiger partial charge >= 0.3 is 0 Å². The molecule has 0 bridgehead atoms. The van der Waals surface area contributed by atoms with E-state index in [1.54, 1.807) is 0 Å². The second-order valence-corrected chi connectivity index (χ2v) is 4.39. The van der Waals surface area contributed by atoms with Crippen LogP contribution in [0.25, 0.3) is 0 Å². The molecule has 0 aliphatic heterocycles. The van der Waals surface area contributed by atoms with Crippen LogP contribution in [-0.2, 0) is 0 Å². The summed E-state index contributed by atoms with van der Waals surface area (Å²) in [5.74, 6) is 0. The van der Waals surface area contributed by atoms with Crippen LogP contribution in [-0.4, -0.2) is 17.6 Å². The lowest BCUT2D eigenvalue weighted by molar-refractivity contribution is 0.538. The SMILES string of the molecule is Cc1ccc(N(C)C(C)(C)C)cn1. The van der Waals surface area contributed by atoms with Gasteiger partial charge in [0.05, 0.1) is 11.9 Å². The van der Waals surface area contributed by atoms with Crippen LogP contribution in [0.2, 0.25) is 0 Å². The summed E-state index contributed by atoms with van der Waals surface area (Å²) in [6.07, 6.45) is 1.92. The fourth-order valence-electron chi connectivity index (χ4n) is 1.05. The summed E-state index contributed by atoms with van der Waals surface area (Å²) in [6, 6.07) is 4.14. The van der Waals surface area contributed by atoms with Crippen LogP contribution in [0.5, 0.6) is 0 Å². The number of hydrogen-bond acceptors (Lipinski definition) is 2. The highest BCUT2D eigenvalue weighted by molar-refractivity contribution is 5.45. The van der Waals surface area contributed by atoms with Crippen LogP contribution >= 0.6 is 0 Å². The Bertz CT molecular complexity index is 269. The Labute approximate surface area is 80.6 Å². The molecule has 0 fully saturated rings. The summed E-state index contributed by atoms with van der Waals surface area (Å²) < 4.78 is 0. The first kappa shape index (κ1) is 10.0. The van der Waals surface area contributed by atoms with E-state index in [0.717, 1.165) is 11.4 Å². The molecule has 0 aliphatic rings. The predicted octanol–water partition coefficient (Wildman–Crippen LogP) is 2.62. The molecule has 2 nitrogen and oxygen atoms in total. The van der Waals surface area contributed by atoms with Crippen molar-refractivity contribution in [3.63, 3.8) is 0 Å². The first-order valence-electron chi connectivity index (χ1n) is 4.58. The first-order valence-corrected chi connectivity index (χ1v) is 4.58. The molecule has 1 rings (SSSR count). The molecule has 0 unspecified atom stereocenters. The van der Waals surface area contributed by atoms with Crippen LogP contribution in [0.4, 0.5) is 5.69 Å². The molecule has 0 saturated heterocycles. The molecule has 2 heteroatoms. The minimum Gasteiger partial charge on any atom is -0.369 e. The van der Waals surface area contributed by atoms with Gasteiger partial charge in [-0.15, -0.1) is 0 Å². The molecule has 0 N–H and O–H groups in total. The molecule has 72 valence electrons. The zero-order valence-corrected chi connectivity index (χ0v) is 9.13. The third kappa shape index (κ3) is 2.44. The molecule has 13 heavy (non-hydrogen) atoms. The summed E-state index contributed by atoms with van der Waals surface area (Å²) in [4.78, 5) is 6.49. The second kappa shape index (κ2) is 3.36. The number of hydrogen-bond donors (Lipinski definition) is 0.